The molecule has 1 aliphatic rings. The third kappa shape index (κ3) is 4.21. The van der Waals surface area contributed by atoms with E-state index >= 15 is 0 Å². The molecule has 4 heteroatoms. The fourth-order valence-corrected chi connectivity index (χ4v) is 3.02. The summed E-state index contributed by atoms with van der Waals surface area (Å²) in [5.74, 6) is 0.749. The van der Waals surface area contributed by atoms with Gasteiger partial charge in [0.15, 0.2) is 0 Å². The number of ether oxygens (including phenoxy) is 1. The second kappa shape index (κ2) is 7.46. The third-order valence-electron chi connectivity index (χ3n) is 4.20. The van der Waals surface area contributed by atoms with Crippen molar-refractivity contribution in [2.24, 2.45) is 0 Å². The molecular weight excluding hydrogens is 264 g/mol. The number of piperidine rings is 1. The molecule has 1 aromatic carbocycles. The minimum atomic E-state index is 0.0410. The molecule has 0 spiro atoms. The quantitative estimate of drug-likeness (QED) is 0.905. The Bertz CT molecular complexity index is 488. The second-order valence-corrected chi connectivity index (χ2v) is 5.78. The summed E-state index contributed by atoms with van der Waals surface area (Å²) in [6.45, 7) is 5.70. The Morgan fingerprint density at radius 1 is 1.43 bits per heavy atom. The Labute approximate surface area is 127 Å². The Morgan fingerprint density at radius 3 is 2.95 bits per heavy atom. The van der Waals surface area contributed by atoms with Crippen LogP contribution in [0.1, 0.15) is 38.2 Å². The fraction of sp³-hybridized carbons (Fsp3) is 0.588. The number of anilines is 1. The van der Waals surface area contributed by atoms with E-state index in [4.69, 9.17) is 4.74 Å². The van der Waals surface area contributed by atoms with Gasteiger partial charge in [-0.25, -0.2) is 0 Å². The summed E-state index contributed by atoms with van der Waals surface area (Å²) < 4.78 is 5.31. The fourth-order valence-electron chi connectivity index (χ4n) is 3.02. The molecule has 0 aromatic heterocycles. The zero-order valence-electron chi connectivity index (χ0n) is 13.3. The van der Waals surface area contributed by atoms with Crippen LogP contribution >= 0.6 is 0 Å². The van der Waals surface area contributed by atoms with Gasteiger partial charge in [-0.05, 0) is 50.4 Å². The molecule has 116 valence electrons. The molecule has 1 atom stereocenters. The molecule has 1 amide bonds. The first-order valence-electron chi connectivity index (χ1n) is 7.82. The van der Waals surface area contributed by atoms with Gasteiger partial charge in [0.1, 0.15) is 5.75 Å². The standard InChI is InChI=1S/C17H26N2O2/c1-4-14-7-5-6-10-19(14)12-17(20)18-15-11-13(2)8-9-16(15)21-3/h8-9,11,14H,4-7,10,12H2,1-3H3,(H,18,20). The van der Waals surface area contributed by atoms with Crippen LogP contribution in [0, 0.1) is 6.92 Å². The van der Waals surface area contributed by atoms with Crippen molar-refractivity contribution >= 4 is 11.6 Å². The number of benzene rings is 1. The normalized spacial score (nSPS) is 19.3. The predicted molar refractivity (Wildman–Crippen MR) is 85.9 cm³/mol. The summed E-state index contributed by atoms with van der Waals surface area (Å²) in [5.41, 5.74) is 1.86. The smallest absolute Gasteiger partial charge is 0.238 e. The summed E-state index contributed by atoms with van der Waals surface area (Å²) in [6.07, 6.45) is 4.79. The lowest BCUT2D eigenvalue weighted by molar-refractivity contribution is -0.118. The van der Waals surface area contributed by atoms with Crippen molar-refractivity contribution in [3.05, 3.63) is 23.8 Å². The molecule has 0 radical (unpaired) electrons. The number of hydrogen-bond donors (Lipinski definition) is 1. The topological polar surface area (TPSA) is 41.6 Å². The van der Waals surface area contributed by atoms with Crippen molar-refractivity contribution in [2.45, 2.75) is 45.6 Å². The van der Waals surface area contributed by atoms with Gasteiger partial charge in [0.25, 0.3) is 0 Å². The number of carbonyl (C=O) groups excluding carboxylic acids is 1. The Hall–Kier alpha value is -1.55. The number of hydrogen-bond acceptors (Lipinski definition) is 3. The lowest BCUT2D eigenvalue weighted by Gasteiger charge is -2.34. The van der Waals surface area contributed by atoms with E-state index < -0.39 is 0 Å². The first kappa shape index (κ1) is 15.8. The number of rotatable bonds is 5. The first-order chi connectivity index (χ1) is 10.1. The first-order valence-corrected chi connectivity index (χ1v) is 7.82. The van der Waals surface area contributed by atoms with Gasteiger partial charge in [0.05, 0.1) is 19.3 Å². The van der Waals surface area contributed by atoms with Crippen molar-refractivity contribution in [3.63, 3.8) is 0 Å². The minimum Gasteiger partial charge on any atom is -0.495 e. The second-order valence-electron chi connectivity index (χ2n) is 5.78. The molecule has 1 saturated heterocycles. The third-order valence-corrected chi connectivity index (χ3v) is 4.20. The molecule has 0 saturated carbocycles. The van der Waals surface area contributed by atoms with Crippen LogP contribution in [0.3, 0.4) is 0 Å². The highest BCUT2D eigenvalue weighted by Crippen LogP contribution is 2.25. The van der Waals surface area contributed by atoms with Crippen molar-refractivity contribution in [1.82, 2.24) is 4.90 Å². The van der Waals surface area contributed by atoms with Crippen molar-refractivity contribution in [2.75, 3.05) is 25.5 Å². The summed E-state index contributed by atoms with van der Waals surface area (Å²) in [5, 5.41) is 2.99. The highest BCUT2D eigenvalue weighted by atomic mass is 16.5. The highest BCUT2D eigenvalue weighted by molar-refractivity contribution is 5.93. The van der Waals surface area contributed by atoms with Gasteiger partial charge in [0.2, 0.25) is 5.91 Å². The van der Waals surface area contributed by atoms with E-state index in [-0.39, 0.29) is 5.91 Å². The molecule has 0 bridgehead atoms. The number of aryl methyl sites for hydroxylation is 1. The lowest BCUT2D eigenvalue weighted by atomic mass is 10.00. The SMILES string of the molecule is CCC1CCCCN1CC(=O)Nc1cc(C)ccc1OC. The van der Waals surface area contributed by atoms with Crippen LogP contribution in [0.5, 0.6) is 5.75 Å². The molecule has 1 unspecified atom stereocenters. The monoisotopic (exact) mass is 290 g/mol. The van der Waals surface area contributed by atoms with Gasteiger partial charge in [-0.2, -0.15) is 0 Å². The van der Waals surface area contributed by atoms with Crippen LogP contribution < -0.4 is 10.1 Å². The maximum absolute atomic E-state index is 12.3. The molecule has 2 rings (SSSR count). The number of nitrogens with zero attached hydrogens (tertiary/aromatic N) is 1. The van der Waals surface area contributed by atoms with Gasteiger partial charge in [-0.15, -0.1) is 0 Å². The number of amides is 1. The molecule has 1 aliphatic heterocycles. The predicted octanol–water partition coefficient (Wildman–Crippen LogP) is 3.21. The van der Waals surface area contributed by atoms with E-state index in [9.17, 15) is 4.79 Å². The summed E-state index contributed by atoms with van der Waals surface area (Å²) in [7, 11) is 1.62. The van der Waals surface area contributed by atoms with Crippen molar-refractivity contribution < 1.29 is 9.53 Å². The molecule has 1 heterocycles. The molecular formula is C17H26N2O2. The number of methoxy groups -OCH3 is 1. The average molecular weight is 290 g/mol. The Balaban J connectivity index is 1.99. The lowest BCUT2D eigenvalue weighted by Crippen LogP contribution is -2.43. The van der Waals surface area contributed by atoms with Crippen LogP contribution in [0.4, 0.5) is 5.69 Å². The summed E-state index contributed by atoms with van der Waals surface area (Å²) in [6, 6.07) is 6.36. The largest absolute Gasteiger partial charge is 0.495 e. The minimum absolute atomic E-state index is 0.0410. The van der Waals surface area contributed by atoms with Crippen LogP contribution in [0.15, 0.2) is 18.2 Å². The molecule has 1 N–H and O–H groups in total. The zero-order valence-corrected chi connectivity index (χ0v) is 13.3. The van der Waals surface area contributed by atoms with E-state index in [1.54, 1.807) is 7.11 Å². The van der Waals surface area contributed by atoms with Crippen molar-refractivity contribution in [3.8, 4) is 5.75 Å². The van der Waals surface area contributed by atoms with Crippen LogP contribution in [-0.2, 0) is 4.79 Å². The number of carbonyl (C=O) groups is 1. The molecule has 4 nitrogen and oxygen atoms in total. The molecule has 1 fully saturated rings. The van der Waals surface area contributed by atoms with Crippen LogP contribution in [-0.4, -0.2) is 37.0 Å². The molecule has 21 heavy (non-hydrogen) atoms. The van der Waals surface area contributed by atoms with Gasteiger partial charge in [0, 0.05) is 6.04 Å². The summed E-state index contributed by atoms with van der Waals surface area (Å²) >= 11 is 0. The Morgan fingerprint density at radius 2 is 2.24 bits per heavy atom. The zero-order chi connectivity index (χ0) is 15.2. The van der Waals surface area contributed by atoms with E-state index in [0.717, 1.165) is 24.2 Å². The van der Waals surface area contributed by atoms with Gasteiger partial charge >= 0.3 is 0 Å². The van der Waals surface area contributed by atoms with E-state index in [2.05, 4.69) is 17.1 Å². The molecule has 0 aliphatic carbocycles. The number of nitrogens with one attached hydrogen (secondary N) is 1. The van der Waals surface area contributed by atoms with Crippen LogP contribution in [0.2, 0.25) is 0 Å². The van der Waals surface area contributed by atoms with Crippen molar-refractivity contribution in [1.29, 1.82) is 0 Å². The highest BCUT2D eigenvalue weighted by Gasteiger charge is 2.23. The maximum atomic E-state index is 12.3. The van der Waals surface area contributed by atoms with Gasteiger partial charge in [-0.1, -0.05) is 19.4 Å². The van der Waals surface area contributed by atoms with E-state index in [1.807, 2.05) is 25.1 Å². The molecule has 1 aromatic rings. The Kier molecular flexibility index (Phi) is 5.62. The summed E-state index contributed by atoms with van der Waals surface area (Å²) in [4.78, 5) is 14.6. The van der Waals surface area contributed by atoms with Crippen LogP contribution in [0.25, 0.3) is 0 Å². The number of likely N-dealkylation sites (tertiary alicyclic amines) is 1. The van der Waals surface area contributed by atoms with Gasteiger partial charge < -0.3 is 10.1 Å². The van der Waals surface area contributed by atoms with E-state index in [1.165, 1.54) is 19.3 Å². The maximum Gasteiger partial charge on any atom is 0.238 e. The van der Waals surface area contributed by atoms with Gasteiger partial charge in [-0.3, -0.25) is 9.69 Å². The van der Waals surface area contributed by atoms with E-state index in [0.29, 0.717) is 18.3 Å². The average Bonchev–Trinajstić information content (AvgIpc) is 2.48.